The van der Waals surface area contributed by atoms with E-state index in [0.717, 1.165) is 0 Å². The summed E-state index contributed by atoms with van der Waals surface area (Å²) in [7, 11) is 0. The van der Waals surface area contributed by atoms with E-state index in [-0.39, 0.29) is 23.4 Å². The van der Waals surface area contributed by atoms with Crippen LogP contribution in [0.15, 0.2) is 42.6 Å². The third kappa shape index (κ3) is 3.66. The van der Waals surface area contributed by atoms with Crippen molar-refractivity contribution in [3.8, 4) is 0 Å². The molecule has 0 atom stereocenters. The molecule has 1 aromatic heterocycles. The standard InChI is InChI=1S/C15H13N3O4/c16-13(19)11-4-5-12(17-8-11)14(20)18-7-9-2-1-3-10(6-9)15(21)22/h1-6,8H,7H2,(H2,16,19)(H,18,20)(H,21,22). The molecule has 0 aliphatic carbocycles. The molecule has 2 aromatic rings. The first kappa shape index (κ1) is 15.2. The Kier molecular flexibility index (Phi) is 4.47. The van der Waals surface area contributed by atoms with E-state index in [1.807, 2.05) is 0 Å². The van der Waals surface area contributed by atoms with Crippen molar-refractivity contribution in [2.24, 2.45) is 5.73 Å². The lowest BCUT2D eigenvalue weighted by molar-refractivity contribution is 0.0696. The second-order valence-electron chi connectivity index (χ2n) is 4.48. The number of amides is 2. The Balaban J connectivity index is 2.02. The fraction of sp³-hybridized carbons (Fsp3) is 0.0667. The Bertz CT molecular complexity index is 726. The highest BCUT2D eigenvalue weighted by atomic mass is 16.4. The molecule has 0 bridgehead atoms. The van der Waals surface area contributed by atoms with Crippen LogP contribution in [0.2, 0.25) is 0 Å². The van der Waals surface area contributed by atoms with Crippen LogP contribution in [0.5, 0.6) is 0 Å². The minimum atomic E-state index is -1.03. The first-order chi connectivity index (χ1) is 10.5. The molecule has 7 nitrogen and oxygen atoms in total. The summed E-state index contributed by atoms with van der Waals surface area (Å²) in [5, 5.41) is 11.5. The van der Waals surface area contributed by atoms with Crippen molar-refractivity contribution < 1.29 is 19.5 Å². The zero-order valence-electron chi connectivity index (χ0n) is 11.4. The molecule has 1 heterocycles. The van der Waals surface area contributed by atoms with Gasteiger partial charge < -0.3 is 16.2 Å². The molecule has 2 amide bonds. The highest BCUT2D eigenvalue weighted by Crippen LogP contribution is 2.06. The molecule has 7 heteroatoms. The third-order valence-corrected chi connectivity index (χ3v) is 2.91. The zero-order chi connectivity index (χ0) is 16.1. The van der Waals surface area contributed by atoms with Gasteiger partial charge in [-0.15, -0.1) is 0 Å². The number of rotatable bonds is 5. The highest BCUT2D eigenvalue weighted by Gasteiger charge is 2.09. The molecule has 0 fully saturated rings. The summed E-state index contributed by atoms with van der Waals surface area (Å²) in [5.74, 6) is -2.08. The van der Waals surface area contributed by atoms with Gasteiger partial charge in [0.1, 0.15) is 5.69 Å². The third-order valence-electron chi connectivity index (χ3n) is 2.91. The number of carboxylic acid groups (broad SMARTS) is 1. The number of primary amides is 1. The van der Waals surface area contributed by atoms with Crippen LogP contribution in [-0.2, 0) is 6.54 Å². The Morgan fingerprint density at radius 1 is 1.14 bits per heavy atom. The maximum Gasteiger partial charge on any atom is 0.335 e. The van der Waals surface area contributed by atoms with Gasteiger partial charge in [0.15, 0.2) is 0 Å². The van der Waals surface area contributed by atoms with Crippen LogP contribution in [-0.4, -0.2) is 27.9 Å². The van der Waals surface area contributed by atoms with Crippen molar-refractivity contribution in [1.29, 1.82) is 0 Å². The number of pyridine rings is 1. The molecule has 4 N–H and O–H groups in total. The van der Waals surface area contributed by atoms with Crippen LogP contribution in [0.1, 0.15) is 36.8 Å². The topological polar surface area (TPSA) is 122 Å². The lowest BCUT2D eigenvalue weighted by Crippen LogP contribution is -2.24. The van der Waals surface area contributed by atoms with Gasteiger partial charge in [0, 0.05) is 12.7 Å². The van der Waals surface area contributed by atoms with E-state index < -0.39 is 17.8 Å². The van der Waals surface area contributed by atoms with Crippen molar-refractivity contribution in [3.63, 3.8) is 0 Å². The average Bonchev–Trinajstić information content (AvgIpc) is 2.53. The number of nitrogens with two attached hydrogens (primary N) is 1. The van der Waals surface area contributed by atoms with Gasteiger partial charge in [-0.2, -0.15) is 0 Å². The monoisotopic (exact) mass is 299 g/mol. The molecule has 0 radical (unpaired) electrons. The number of aromatic carboxylic acids is 1. The van der Waals surface area contributed by atoms with Crippen molar-refractivity contribution in [2.75, 3.05) is 0 Å². The summed E-state index contributed by atoms with van der Waals surface area (Å²) < 4.78 is 0. The smallest absolute Gasteiger partial charge is 0.335 e. The van der Waals surface area contributed by atoms with Crippen LogP contribution in [0.4, 0.5) is 0 Å². The molecule has 0 saturated carbocycles. The summed E-state index contributed by atoms with van der Waals surface area (Å²) in [6.45, 7) is 0.166. The zero-order valence-corrected chi connectivity index (χ0v) is 11.4. The minimum absolute atomic E-state index is 0.138. The molecule has 0 saturated heterocycles. The molecule has 2 rings (SSSR count). The number of nitrogens with one attached hydrogen (secondary N) is 1. The number of hydrogen-bond acceptors (Lipinski definition) is 4. The fourth-order valence-corrected chi connectivity index (χ4v) is 1.76. The number of hydrogen-bond donors (Lipinski definition) is 3. The predicted octanol–water partition coefficient (Wildman–Crippen LogP) is 0.809. The number of aromatic nitrogens is 1. The summed E-state index contributed by atoms with van der Waals surface area (Å²) >= 11 is 0. The molecular weight excluding hydrogens is 286 g/mol. The minimum Gasteiger partial charge on any atom is -0.478 e. The van der Waals surface area contributed by atoms with Gasteiger partial charge in [-0.1, -0.05) is 12.1 Å². The van der Waals surface area contributed by atoms with E-state index in [1.54, 1.807) is 12.1 Å². The van der Waals surface area contributed by atoms with Crippen molar-refractivity contribution in [1.82, 2.24) is 10.3 Å². The highest BCUT2D eigenvalue weighted by molar-refractivity contribution is 5.95. The molecule has 0 spiro atoms. The van der Waals surface area contributed by atoms with Crippen molar-refractivity contribution >= 4 is 17.8 Å². The molecule has 0 aliphatic heterocycles. The van der Waals surface area contributed by atoms with E-state index >= 15 is 0 Å². The van der Waals surface area contributed by atoms with Gasteiger partial charge in [-0.3, -0.25) is 14.6 Å². The van der Waals surface area contributed by atoms with Gasteiger partial charge in [0.2, 0.25) is 5.91 Å². The van der Waals surface area contributed by atoms with Crippen molar-refractivity contribution in [3.05, 3.63) is 65.0 Å². The molecule has 1 aromatic carbocycles. The number of carbonyl (C=O) groups is 3. The van der Waals surface area contributed by atoms with Crippen LogP contribution in [0.3, 0.4) is 0 Å². The summed E-state index contributed by atoms with van der Waals surface area (Å²) in [5.41, 5.74) is 6.24. The Hall–Kier alpha value is -3.22. The van der Waals surface area contributed by atoms with E-state index in [1.165, 1.54) is 30.5 Å². The number of nitrogens with zero attached hydrogens (tertiary/aromatic N) is 1. The average molecular weight is 299 g/mol. The first-order valence-electron chi connectivity index (χ1n) is 6.33. The molecule has 112 valence electrons. The second kappa shape index (κ2) is 6.49. The van der Waals surface area contributed by atoms with E-state index in [0.29, 0.717) is 5.56 Å². The van der Waals surface area contributed by atoms with Crippen molar-refractivity contribution in [2.45, 2.75) is 6.54 Å². The van der Waals surface area contributed by atoms with Gasteiger partial charge in [0.25, 0.3) is 5.91 Å². The quantitative estimate of drug-likeness (QED) is 0.754. The number of carbonyl (C=O) groups excluding carboxylic acids is 2. The van der Waals surface area contributed by atoms with E-state index in [2.05, 4.69) is 10.3 Å². The fourth-order valence-electron chi connectivity index (χ4n) is 1.76. The Morgan fingerprint density at radius 3 is 2.50 bits per heavy atom. The second-order valence-corrected chi connectivity index (χ2v) is 4.48. The Labute approximate surface area is 125 Å². The summed E-state index contributed by atoms with van der Waals surface area (Å²) in [4.78, 5) is 37.5. The van der Waals surface area contributed by atoms with Crippen LogP contribution in [0.25, 0.3) is 0 Å². The largest absolute Gasteiger partial charge is 0.478 e. The Morgan fingerprint density at radius 2 is 1.91 bits per heavy atom. The maximum atomic E-state index is 11.9. The van der Waals surface area contributed by atoms with E-state index in [4.69, 9.17) is 10.8 Å². The van der Waals surface area contributed by atoms with Crippen LogP contribution < -0.4 is 11.1 Å². The number of benzene rings is 1. The van der Waals surface area contributed by atoms with Gasteiger partial charge in [-0.05, 0) is 29.8 Å². The van der Waals surface area contributed by atoms with Gasteiger partial charge >= 0.3 is 5.97 Å². The van der Waals surface area contributed by atoms with Gasteiger partial charge in [-0.25, -0.2) is 4.79 Å². The van der Waals surface area contributed by atoms with Gasteiger partial charge in [0.05, 0.1) is 11.1 Å². The first-order valence-corrected chi connectivity index (χ1v) is 6.33. The molecular formula is C15H13N3O4. The normalized spacial score (nSPS) is 10.0. The predicted molar refractivity (Wildman–Crippen MR) is 77.3 cm³/mol. The SMILES string of the molecule is NC(=O)c1ccc(C(=O)NCc2cccc(C(=O)O)c2)nc1. The molecule has 0 unspecified atom stereocenters. The van der Waals surface area contributed by atoms with Crippen LogP contribution >= 0.6 is 0 Å². The maximum absolute atomic E-state index is 11.9. The lowest BCUT2D eigenvalue weighted by Gasteiger charge is -2.06. The molecule has 0 aliphatic rings. The molecule has 22 heavy (non-hydrogen) atoms. The lowest BCUT2D eigenvalue weighted by atomic mass is 10.1. The van der Waals surface area contributed by atoms with Crippen LogP contribution in [0, 0.1) is 0 Å². The summed E-state index contributed by atoms with van der Waals surface area (Å²) in [6, 6.07) is 9.06. The van der Waals surface area contributed by atoms with E-state index in [9.17, 15) is 14.4 Å². The summed E-state index contributed by atoms with van der Waals surface area (Å²) in [6.07, 6.45) is 1.22. The number of carboxylic acids is 1.